The number of anilines is 1. The number of rotatable bonds is 5. The molecule has 7 heteroatoms. The first kappa shape index (κ1) is 15.8. The minimum atomic E-state index is -4.04. The molecule has 0 aliphatic carbocycles. The molecule has 0 atom stereocenters. The van der Waals surface area contributed by atoms with Gasteiger partial charge in [-0.25, -0.2) is 12.8 Å². The van der Waals surface area contributed by atoms with Crippen LogP contribution in [0.3, 0.4) is 0 Å². The standard InChI is InChI=1S/C14H14ClFN2O2S/c1-17-9-10-7-11(15)8-13(14(10)16)21(19,20)18-12-5-3-2-4-6-12/h2-8,17-18H,9H2,1H3. The lowest BCUT2D eigenvalue weighted by molar-refractivity contribution is 0.556. The summed E-state index contributed by atoms with van der Waals surface area (Å²) in [5.41, 5.74) is 0.547. The average molecular weight is 329 g/mol. The number of para-hydroxylation sites is 1. The number of benzene rings is 2. The highest BCUT2D eigenvalue weighted by atomic mass is 35.5. The van der Waals surface area contributed by atoms with E-state index in [0.29, 0.717) is 5.69 Å². The highest BCUT2D eigenvalue weighted by molar-refractivity contribution is 7.92. The predicted molar refractivity (Wildman–Crippen MR) is 81.4 cm³/mol. The smallest absolute Gasteiger partial charge is 0.264 e. The number of nitrogens with one attached hydrogen (secondary N) is 2. The summed E-state index contributed by atoms with van der Waals surface area (Å²) in [6.07, 6.45) is 0. The molecule has 0 saturated carbocycles. The molecule has 0 spiro atoms. The van der Waals surface area contributed by atoms with Crippen molar-refractivity contribution in [3.8, 4) is 0 Å². The maximum Gasteiger partial charge on any atom is 0.264 e. The van der Waals surface area contributed by atoms with E-state index in [1.807, 2.05) is 0 Å². The molecular formula is C14H14ClFN2O2S. The molecule has 0 fully saturated rings. The summed E-state index contributed by atoms with van der Waals surface area (Å²) in [6.45, 7) is 0.181. The van der Waals surface area contributed by atoms with Crippen molar-refractivity contribution in [3.05, 3.63) is 58.9 Å². The molecule has 2 rings (SSSR count). The first-order valence-electron chi connectivity index (χ1n) is 6.14. The summed E-state index contributed by atoms with van der Waals surface area (Å²) in [4.78, 5) is -0.468. The van der Waals surface area contributed by atoms with Gasteiger partial charge in [-0.1, -0.05) is 29.8 Å². The Morgan fingerprint density at radius 2 is 1.86 bits per heavy atom. The Morgan fingerprint density at radius 3 is 2.48 bits per heavy atom. The molecule has 0 aliphatic rings. The Hall–Kier alpha value is -1.63. The zero-order valence-electron chi connectivity index (χ0n) is 11.2. The molecule has 0 heterocycles. The topological polar surface area (TPSA) is 58.2 Å². The summed E-state index contributed by atoms with van der Waals surface area (Å²) in [5, 5.41) is 2.93. The van der Waals surface area contributed by atoms with Crippen LogP contribution in [-0.4, -0.2) is 15.5 Å². The lowest BCUT2D eigenvalue weighted by Crippen LogP contribution is -2.17. The van der Waals surface area contributed by atoms with Gasteiger partial charge in [-0.05, 0) is 31.3 Å². The Morgan fingerprint density at radius 1 is 1.19 bits per heavy atom. The normalized spacial score (nSPS) is 11.4. The molecule has 112 valence electrons. The van der Waals surface area contributed by atoms with Crippen LogP contribution in [0.4, 0.5) is 10.1 Å². The summed E-state index contributed by atoms with van der Waals surface area (Å²) < 4.78 is 41.2. The van der Waals surface area contributed by atoms with Gasteiger partial charge in [0.25, 0.3) is 10.0 Å². The second kappa shape index (κ2) is 6.43. The van der Waals surface area contributed by atoms with Crippen LogP contribution in [0.5, 0.6) is 0 Å². The lowest BCUT2D eigenvalue weighted by Gasteiger charge is -2.12. The van der Waals surface area contributed by atoms with Gasteiger partial charge >= 0.3 is 0 Å². The molecule has 4 nitrogen and oxygen atoms in total. The Balaban J connectivity index is 2.45. The molecule has 2 N–H and O–H groups in total. The zero-order valence-corrected chi connectivity index (χ0v) is 12.8. The van der Waals surface area contributed by atoms with Crippen molar-refractivity contribution < 1.29 is 12.8 Å². The number of sulfonamides is 1. The van der Waals surface area contributed by atoms with Crippen LogP contribution in [0.15, 0.2) is 47.4 Å². The van der Waals surface area contributed by atoms with Gasteiger partial charge in [0.05, 0.1) is 0 Å². The predicted octanol–water partition coefficient (Wildman–Crippen LogP) is 3.00. The van der Waals surface area contributed by atoms with E-state index in [9.17, 15) is 12.8 Å². The van der Waals surface area contributed by atoms with Crippen molar-refractivity contribution in [2.45, 2.75) is 11.4 Å². The van der Waals surface area contributed by atoms with Gasteiger partial charge in [-0.2, -0.15) is 0 Å². The molecule has 0 unspecified atom stereocenters. The van der Waals surface area contributed by atoms with Gasteiger partial charge < -0.3 is 5.32 Å². The highest BCUT2D eigenvalue weighted by Gasteiger charge is 2.22. The van der Waals surface area contributed by atoms with Gasteiger partial charge in [-0.3, -0.25) is 4.72 Å². The molecule has 0 aromatic heterocycles. The van der Waals surface area contributed by atoms with E-state index in [0.717, 1.165) is 6.07 Å². The fourth-order valence-electron chi connectivity index (χ4n) is 1.85. The summed E-state index contributed by atoms with van der Waals surface area (Å²) in [7, 11) is -2.41. The van der Waals surface area contributed by atoms with E-state index < -0.39 is 20.7 Å². The SMILES string of the molecule is CNCc1cc(Cl)cc(S(=O)(=O)Nc2ccccc2)c1F. The molecule has 0 amide bonds. The molecule has 21 heavy (non-hydrogen) atoms. The van der Waals surface area contributed by atoms with Crippen LogP contribution in [0.2, 0.25) is 5.02 Å². The van der Waals surface area contributed by atoms with Crippen LogP contribution in [-0.2, 0) is 16.6 Å². The molecule has 0 radical (unpaired) electrons. The second-order valence-electron chi connectivity index (χ2n) is 4.38. The lowest BCUT2D eigenvalue weighted by atomic mass is 10.2. The van der Waals surface area contributed by atoms with Crippen molar-refractivity contribution in [1.29, 1.82) is 0 Å². The summed E-state index contributed by atoms with van der Waals surface area (Å²) >= 11 is 5.88. The van der Waals surface area contributed by atoms with E-state index in [2.05, 4.69) is 10.0 Å². The van der Waals surface area contributed by atoms with Crippen LogP contribution in [0.25, 0.3) is 0 Å². The van der Waals surface area contributed by atoms with Gasteiger partial charge in [0, 0.05) is 22.8 Å². The third-order valence-electron chi connectivity index (χ3n) is 2.76. The number of halogens is 2. The molecule has 0 saturated heterocycles. The van der Waals surface area contributed by atoms with E-state index in [1.54, 1.807) is 37.4 Å². The molecular weight excluding hydrogens is 315 g/mol. The third-order valence-corrected chi connectivity index (χ3v) is 4.36. The van der Waals surface area contributed by atoms with Crippen LogP contribution >= 0.6 is 11.6 Å². The minimum absolute atomic E-state index is 0.162. The molecule has 2 aromatic rings. The van der Waals surface area contributed by atoms with Crippen molar-refractivity contribution in [2.75, 3.05) is 11.8 Å². The van der Waals surface area contributed by atoms with Crippen molar-refractivity contribution >= 4 is 27.3 Å². The minimum Gasteiger partial charge on any atom is -0.316 e. The van der Waals surface area contributed by atoms with Crippen LogP contribution in [0.1, 0.15) is 5.56 Å². The third kappa shape index (κ3) is 3.72. The fourth-order valence-corrected chi connectivity index (χ4v) is 3.36. The van der Waals surface area contributed by atoms with Crippen molar-refractivity contribution in [2.24, 2.45) is 0 Å². The molecule has 0 aliphatic heterocycles. The Kier molecular flexibility index (Phi) is 4.82. The Labute approximate surface area is 128 Å². The second-order valence-corrected chi connectivity index (χ2v) is 6.47. The Bertz CT molecular complexity index is 736. The quantitative estimate of drug-likeness (QED) is 0.887. The van der Waals surface area contributed by atoms with Crippen molar-refractivity contribution in [1.82, 2.24) is 5.32 Å². The number of hydrogen-bond donors (Lipinski definition) is 2. The van der Waals surface area contributed by atoms with Crippen LogP contribution < -0.4 is 10.0 Å². The largest absolute Gasteiger partial charge is 0.316 e. The molecule has 2 aromatic carbocycles. The number of hydrogen-bond acceptors (Lipinski definition) is 3. The first-order chi connectivity index (χ1) is 9.94. The van der Waals surface area contributed by atoms with E-state index >= 15 is 0 Å². The highest BCUT2D eigenvalue weighted by Crippen LogP contribution is 2.25. The van der Waals surface area contributed by atoms with Crippen molar-refractivity contribution in [3.63, 3.8) is 0 Å². The van der Waals surface area contributed by atoms with Crippen LogP contribution in [0, 0.1) is 5.82 Å². The maximum atomic E-state index is 14.3. The monoisotopic (exact) mass is 328 g/mol. The summed E-state index contributed by atoms with van der Waals surface area (Å²) in [6, 6.07) is 10.8. The van der Waals surface area contributed by atoms with E-state index in [-0.39, 0.29) is 17.1 Å². The maximum absolute atomic E-state index is 14.3. The average Bonchev–Trinajstić information content (AvgIpc) is 2.43. The van der Waals surface area contributed by atoms with Gasteiger partial charge in [0.15, 0.2) is 0 Å². The van der Waals surface area contributed by atoms with E-state index in [4.69, 9.17) is 11.6 Å². The fraction of sp³-hybridized carbons (Fsp3) is 0.143. The first-order valence-corrected chi connectivity index (χ1v) is 8.00. The van der Waals surface area contributed by atoms with E-state index in [1.165, 1.54) is 6.07 Å². The zero-order chi connectivity index (χ0) is 15.5. The van der Waals surface area contributed by atoms with Gasteiger partial charge in [-0.15, -0.1) is 0 Å². The van der Waals surface area contributed by atoms with Gasteiger partial charge in [0.1, 0.15) is 10.7 Å². The summed E-state index contributed by atoms with van der Waals surface area (Å²) in [5.74, 6) is -0.808. The van der Waals surface area contributed by atoms with Gasteiger partial charge in [0.2, 0.25) is 0 Å². The molecule has 0 bridgehead atoms.